The fourth-order valence-corrected chi connectivity index (χ4v) is 10.9. The number of carbonyl (C=O) groups excluding carboxylic acids is 1. The molecule has 0 unspecified atom stereocenters. The molecule has 5 heterocycles. The minimum Gasteiger partial charge on any atom is -0.495 e. The highest BCUT2D eigenvalue weighted by atomic mass is 32.1. The molecule has 9 rings (SSSR count). The number of carbonyl (C=O) groups is 1. The van der Waals surface area contributed by atoms with Crippen LogP contribution in [0.25, 0.3) is 5.00 Å². The van der Waals surface area contributed by atoms with Gasteiger partial charge in [0.2, 0.25) is 0 Å². The molecule has 13 heteroatoms. The van der Waals surface area contributed by atoms with Crippen molar-refractivity contribution < 1.29 is 14.3 Å². The molecule has 304 valence electrons. The van der Waals surface area contributed by atoms with Gasteiger partial charge in [-0.25, -0.2) is 0 Å². The lowest BCUT2D eigenvalue weighted by molar-refractivity contribution is 0.0888. The number of rotatable bonds is 8. The zero-order valence-corrected chi connectivity index (χ0v) is 35.3. The second-order valence-corrected chi connectivity index (χ2v) is 18.1. The number of fused-ring (bicyclic) bond motifs is 3. The van der Waals surface area contributed by atoms with Crippen LogP contribution in [0.5, 0.6) is 11.5 Å². The number of hydrogen-bond donors (Lipinski definition) is 1. The lowest BCUT2D eigenvalue weighted by Crippen LogP contribution is -2.40. The molecular formula is C46H51N9O3S. The number of benzene rings is 2. The van der Waals surface area contributed by atoms with Crippen LogP contribution in [0.4, 0.5) is 5.82 Å². The molecule has 1 atom stereocenters. The van der Waals surface area contributed by atoms with Gasteiger partial charge in [0.25, 0.3) is 5.91 Å². The number of thiophene rings is 1. The lowest BCUT2D eigenvalue weighted by atomic mass is 9.68. The highest BCUT2D eigenvalue weighted by Crippen LogP contribution is 2.49. The molecule has 12 nitrogen and oxygen atoms in total. The van der Waals surface area contributed by atoms with Gasteiger partial charge < -0.3 is 19.7 Å². The Balaban J connectivity index is 0.769. The molecule has 1 amide bonds. The predicted octanol–water partition coefficient (Wildman–Crippen LogP) is 8.51. The first-order valence-electron chi connectivity index (χ1n) is 21.0. The number of nitriles is 1. The molecule has 1 saturated heterocycles. The van der Waals surface area contributed by atoms with Crippen LogP contribution in [0.1, 0.15) is 132 Å². The summed E-state index contributed by atoms with van der Waals surface area (Å²) in [5, 5.41) is 31.4. The third kappa shape index (κ3) is 7.48. The molecule has 2 saturated carbocycles. The van der Waals surface area contributed by atoms with Crippen molar-refractivity contribution in [3.63, 3.8) is 0 Å². The van der Waals surface area contributed by atoms with Crippen LogP contribution >= 0.6 is 11.3 Å². The summed E-state index contributed by atoms with van der Waals surface area (Å²) in [6, 6.07) is 20.4. The number of nitrogens with zero attached hydrogens (tertiary/aromatic N) is 8. The fraction of sp³-hybridized carbons (Fsp3) is 0.457. The molecule has 2 aromatic carbocycles. The number of aryl methyl sites for hydroxylation is 2. The number of aromatic nitrogens is 5. The van der Waals surface area contributed by atoms with Gasteiger partial charge in [-0.2, -0.15) is 5.26 Å². The molecule has 3 fully saturated rings. The van der Waals surface area contributed by atoms with Gasteiger partial charge in [0.05, 0.1) is 24.5 Å². The average Bonchev–Trinajstić information content (AvgIpc) is 3.92. The fourth-order valence-electron chi connectivity index (χ4n) is 9.72. The molecule has 1 N–H and O–H groups in total. The highest BCUT2D eigenvalue weighted by molar-refractivity contribution is 7.15. The summed E-state index contributed by atoms with van der Waals surface area (Å²) < 4.78 is 13.7. The van der Waals surface area contributed by atoms with Crippen LogP contribution in [0.15, 0.2) is 59.6 Å². The van der Waals surface area contributed by atoms with Gasteiger partial charge in [-0.15, -0.1) is 31.7 Å². The summed E-state index contributed by atoms with van der Waals surface area (Å²) in [5.74, 6) is 4.19. The highest BCUT2D eigenvalue weighted by Gasteiger charge is 2.42. The Bertz CT molecular complexity index is 2430. The first-order chi connectivity index (χ1) is 28.6. The van der Waals surface area contributed by atoms with E-state index < -0.39 is 0 Å². The summed E-state index contributed by atoms with van der Waals surface area (Å²) in [7, 11) is 1.55. The third-order valence-corrected chi connectivity index (χ3v) is 14.5. The van der Waals surface area contributed by atoms with E-state index in [4.69, 9.17) is 14.5 Å². The Morgan fingerprint density at radius 2 is 1.71 bits per heavy atom. The van der Waals surface area contributed by atoms with Crippen LogP contribution in [0, 0.1) is 37.5 Å². The van der Waals surface area contributed by atoms with Crippen LogP contribution in [0.2, 0.25) is 0 Å². The summed E-state index contributed by atoms with van der Waals surface area (Å²) in [4.78, 5) is 22.1. The van der Waals surface area contributed by atoms with Crippen molar-refractivity contribution in [1.82, 2.24) is 30.3 Å². The Morgan fingerprint density at radius 1 is 0.932 bits per heavy atom. The Hall–Kier alpha value is -5.61. The van der Waals surface area contributed by atoms with E-state index in [1.165, 1.54) is 52.3 Å². The van der Waals surface area contributed by atoms with Crippen molar-refractivity contribution in [1.29, 1.82) is 5.26 Å². The van der Waals surface area contributed by atoms with E-state index in [0.717, 1.165) is 73.9 Å². The minimum atomic E-state index is -0.187. The number of aliphatic imine (C=N–C) groups is 1. The Labute approximate surface area is 349 Å². The predicted molar refractivity (Wildman–Crippen MR) is 228 cm³/mol. The second kappa shape index (κ2) is 15.9. The molecular weight excluding hydrogens is 759 g/mol. The molecule has 3 aromatic heterocycles. The number of amides is 1. The van der Waals surface area contributed by atoms with E-state index in [1.54, 1.807) is 36.6 Å². The number of hydrogen-bond acceptors (Lipinski definition) is 11. The summed E-state index contributed by atoms with van der Waals surface area (Å²) >= 11 is 1.80. The maximum Gasteiger partial charge on any atom is 0.272 e. The Morgan fingerprint density at radius 3 is 2.42 bits per heavy atom. The molecule has 59 heavy (non-hydrogen) atoms. The van der Waals surface area contributed by atoms with Crippen molar-refractivity contribution in [2.75, 3.05) is 25.1 Å². The minimum absolute atomic E-state index is 0.0435. The SMILES string of the molecule is COc1cc(OC2CCC(NC(=O)c3ccc(N4CCC5(CCC(c6ccc(C7=N[C@@H](C)c8nnc(C)n8-c8sc(C)c(C)c87)cc6)CC5)C4)nn3)CC2)ccc1C#N. The maximum absolute atomic E-state index is 13.2. The van der Waals surface area contributed by atoms with Crippen molar-refractivity contribution >= 4 is 28.8 Å². The van der Waals surface area contributed by atoms with Gasteiger partial charge in [0.15, 0.2) is 17.3 Å². The monoisotopic (exact) mass is 809 g/mol. The largest absolute Gasteiger partial charge is 0.495 e. The summed E-state index contributed by atoms with van der Waals surface area (Å²) in [6.07, 6.45) is 9.20. The quantitative estimate of drug-likeness (QED) is 0.163. The topological polar surface area (TPSA) is 143 Å². The smallest absolute Gasteiger partial charge is 0.272 e. The van der Waals surface area contributed by atoms with Gasteiger partial charge in [-0.1, -0.05) is 24.3 Å². The van der Waals surface area contributed by atoms with Gasteiger partial charge in [0, 0.05) is 41.2 Å². The number of nitrogens with one attached hydrogen (secondary N) is 1. The van der Waals surface area contributed by atoms with Crippen molar-refractivity contribution in [2.24, 2.45) is 10.4 Å². The van der Waals surface area contributed by atoms with Crippen LogP contribution in [-0.4, -0.2) is 68.9 Å². The number of methoxy groups -OCH3 is 1. The van der Waals surface area contributed by atoms with E-state index in [-0.39, 0.29) is 29.5 Å². The van der Waals surface area contributed by atoms with Crippen LogP contribution in [-0.2, 0) is 0 Å². The molecule has 1 spiro atoms. The van der Waals surface area contributed by atoms with E-state index in [9.17, 15) is 10.1 Å². The van der Waals surface area contributed by atoms with E-state index in [2.05, 4.69) is 86.3 Å². The first-order valence-corrected chi connectivity index (χ1v) is 21.8. The molecule has 5 aromatic rings. The summed E-state index contributed by atoms with van der Waals surface area (Å²) in [6.45, 7) is 10.5. The van der Waals surface area contributed by atoms with Crippen LogP contribution in [0.3, 0.4) is 0 Å². The molecule has 0 radical (unpaired) electrons. The zero-order valence-electron chi connectivity index (χ0n) is 34.5. The van der Waals surface area contributed by atoms with Crippen molar-refractivity contribution in [3.05, 3.63) is 105 Å². The molecule has 0 bridgehead atoms. The average molecular weight is 810 g/mol. The van der Waals surface area contributed by atoms with Crippen LogP contribution < -0.4 is 19.7 Å². The van der Waals surface area contributed by atoms with E-state index in [1.807, 2.05) is 19.1 Å². The van der Waals surface area contributed by atoms with Gasteiger partial charge >= 0.3 is 0 Å². The van der Waals surface area contributed by atoms with E-state index in [0.29, 0.717) is 28.7 Å². The van der Waals surface area contributed by atoms with Gasteiger partial charge in [-0.3, -0.25) is 14.4 Å². The zero-order chi connectivity index (χ0) is 40.8. The number of ether oxygens (including phenoxy) is 2. The van der Waals surface area contributed by atoms with Gasteiger partial charge in [0.1, 0.15) is 34.4 Å². The summed E-state index contributed by atoms with van der Waals surface area (Å²) in [5.41, 5.74) is 7.20. The molecule has 4 aliphatic rings. The number of anilines is 1. The van der Waals surface area contributed by atoms with Crippen molar-refractivity contribution in [2.45, 2.75) is 110 Å². The standard InChI is InChI=1S/C46H51N9O3S/c1-27-29(3)59-45-41(27)42(48-28(2)43-53-50-30(4)55(43)45)33-8-6-31(7-9-33)32-18-20-46(21-19-32)22-23-54(26-46)40-17-16-38(51-52-40)44(56)49-35-11-14-36(15-12-35)58-37-13-10-34(25-47)39(24-37)57-5/h6-10,13,16-17,24,28,32,35-36H,11-12,14-15,18-23,26H2,1-5H3,(H,49,56)/t28-,32?,35?,36?,46?/m0/s1. The second-order valence-electron chi connectivity index (χ2n) is 16.9. The molecule has 2 aliphatic heterocycles. The Kier molecular flexibility index (Phi) is 10.5. The third-order valence-electron chi connectivity index (χ3n) is 13.3. The molecule has 2 aliphatic carbocycles. The maximum atomic E-state index is 13.2. The van der Waals surface area contributed by atoms with Crippen molar-refractivity contribution in [3.8, 4) is 22.6 Å². The first kappa shape index (κ1) is 38.9. The van der Waals surface area contributed by atoms with E-state index >= 15 is 0 Å². The van der Waals surface area contributed by atoms with Gasteiger partial charge in [-0.05, 0) is 132 Å². The normalized spacial score (nSPS) is 23.8. The lowest BCUT2D eigenvalue weighted by Gasteiger charge is -2.37.